The van der Waals surface area contributed by atoms with E-state index in [1.807, 2.05) is 0 Å². The van der Waals surface area contributed by atoms with Crippen molar-refractivity contribution in [1.82, 2.24) is 5.32 Å². The summed E-state index contributed by atoms with van der Waals surface area (Å²) in [7, 11) is 0. The molecule has 2 amide bonds. The topological polar surface area (TPSA) is 213 Å². The van der Waals surface area contributed by atoms with Gasteiger partial charge in [0.1, 0.15) is 6.04 Å². The van der Waals surface area contributed by atoms with Crippen molar-refractivity contribution in [2.24, 2.45) is 11.5 Å². The van der Waals surface area contributed by atoms with Gasteiger partial charge in [-0.2, -0.15) is 0 Å². The van der Waals surface area contributed by atoms with E-state index in [1.165, 1.54) is 0 Å². The number of primary amides is 1. The summed E-state index contributed by atoms with van der Waals surface area (Å²) in [6, 6.07) is -1.47. The van der Waals surface area contributed by atoms with Gasteiger partial charge in [-0.25, -0.2) is 9.59 Å². The molecule has 0 aromatic heterocycles. The molecule has 0 radical (unpaired) electrons. The minimum Gasteiger partial charge on any atom is -0.481 e. The summed E-state index contributed by atoms with van der Waals surface area (Å²) in [6.45, 7) is 0.357. The van der Waals surface area contributed by atoms with E-state index < -0.39 is 42.5 Å². The van der Waals surface area contributed by atoms with Crippen LogP contribution in [-0.4, -0.2) is 63.1 Å². The molecule has 11 nitrogen and oxygen atoms in total. The molecule has 0 saturated carbocycles. The first-order valence-electron chi connectivity index (χ1n) is 5.72. The first kappa shape index (κ1) is 20.9. The standard InChI is InChI=1S/C6H13N3O3.C4H6O5/c7-4(5(10)11)2-1-3-9-6(8)12;5-2(4(8)9)1-3(6)7/h4H,1-3,7H2,(H,10,11)(H3,8,9,12);2,5H,1H2,(H,6,7)(H,8,9)/t4-;2-/m00/s1. The quantitative estimate of drug-likeness (QED) is 0.241. The number of nitrogens with one attached hydrogen (secondary N) is 1. The summed E-state index contributed by atoms with van der Waals surface area (Å²) in [5.74, 6) is -3.88. The molecule has 0 heterocycles. The normalized spacial score (nSPS) is 12.3. The van der Waals surface area contributed by atoms with Crippen LogP contribution < -0.4 is 16.8 Å². The van der Waals surface area contributed by atoms with Crippen LogP contribution in [-0.2, 0) is 14.4 Å². The molecule has 0 aliphatic rings. The Labute approximate surface area is 119 Å². The summed E-state index contributed by atoms with van der Waals surface area (Å²) in [4.78, 5) is 39.7. The maximum atomic E-state index is 10.2. The zero-order chi connectivity index (χ0) is 17.0. The number of amides is 2. The molecular weight excluding hydrogens is 290 g/mol. The number of hydrogen-bond acceptors (Lipinski definition) is 6. The van der Waals surface area contributed by atoms with E-state index in [0.29, 0.717) is 19.4 Å². The van der Waals surface area contributed by atoms with Gasteiger partial charge in [0, 0.05) is 6.54 Å². The molecule has 0 saturated heterocycles. The van der Waals surface area contributed by atoms with Crippen LogP contribution in [0.1, 0.15) is 19.3 Å². The molecule has 0 aliphatic heterocycles. The molecule has 0 aromatic carbocycles. The van der Waals surface area contributed by atoms with Gasteiger partial charge in [-0.3, -0.25) is 9.59 Å². The molecule has 0 rings (SSSR count). The Balaban J connectivity index is 0. The second-order valence-electron chi connectivity index (χ2n) is 3.83. The molecule has 0 fully saturated rings. The van der Waals surface area contributed by atoms with Gasteiger partial charge in [0.2, 0.25) is 0 Å². The van der Waals surface area contributed by atoms with Gasteiger partial charge in [0.05, 0.1) is 6.42 Å². The van der Waals surface area contributed by atoms with Crippen LogP contribution in [0.5, 0.6) is 0 Å². The number of carboxylic acids is 3. The molecule has 0 spiro atoms. The number of urea groups is 1. The van der Waals surface area contributed by atoms with Crippen molar-refractivity contribution in [2.75, 3.05) is 6.54 Å². The molecule has 21 heavy (non-hydrogen) atoms. The number of carboxylic acid groups (broad SMARTS) is 3. The predicted molar refractivity (Wildman–Crippen MR) is 68.3 cm³/mol. The lowest BCUT2D eigenvalue weighted by Crippen LogP contribution is -2.33. The van der Waals surface area contributed by atoms with Gasteiger partial charge in [-0.1, -0.05) is 0 Å². The number of rotatable bonds is 8. The van der Waals surface area contributed by atoms with Gasteiger partial charge in [-0.05, 0) is 12.8 Å². The number of aliphatic carboxylic acids is 3. The van der Waals surface area contributed by atoms with E-state index in [4.69, 9.17) is 31.9 Å². The van der Waals surface area contributed by atoms with E-state index in [9.17, 15) is 19.2 Å². The van der Waals surface area contributed by atoms with E-state index in [2.05, 4.69) is 5.32 Å². The lowest BCUT2D eigenvalue weighted by molar-refractivity contribution is -0.152. The van der Waals surface area contributed by atoms with E-state index in [0.717, 1.165) is 0 Å². The number of carbonyl (C=O) groups is 4. The zero-order valence-electron chi connectivity index (χ0n) is 11.1. The van der Waals surface area contributed by atoms with Gasteiger partial charge >= 0.3 is 23.9 Å². The van der Waals surface area contributed by atoms with Crippen LogP contribution in [0.25, 0.3) is 0 Å². The van der Waals surface area contributed by atoms with E-state index >= 15 is 0 Å². The molecule has 0 bridgehead atoms. The van der Waals surface area contributed by atoms with Crippen molar-refractivity contribution in [2.45, 2.75) is 31.4 Å². The summed E-state index contributed by atoms with van der Waals surface area (Å²) < 4.78 is 0. The fraction of sp³-hybridized carbons (Fsp3) is 0.600. The molecule has 9 N–H and O–H groups in total. The lowest BCUT2D eigenvalue weighted by Gasteiger charge is -2.05. The highest BCUT2D eigenvalue weighted by Crippen LogP contribution is 1.92. The van der Waals surface area contributed by atoms with Crippen molar-refractivity contribution in [3.05, 3.63) is 0 Å². The fourth-order valence-corrected chi connectivity index (χ4v) is 0.910. The molecular formula is C10H19N3O8. The Morgan fingerprint density at radius 3 is 1.86 bits per heavy atom. The monoisotopic (exact) mass is 309 g/mol. The summed E-state index contributed by atoms with van der Waals surface area (Å²) in [5.41, 5.74) is 9.96. The summed E-state index contributed by atoms with van der Waals surface area (Å²) >= 11 is 0. The number of aliphatic hydroxyl groups is 1. The Kier molecular flexibility index (Phi) is 11.4. The Hall–Kier alpha value is -2.40. The Bertz CT molecular complexity index is 373. The molecule has 122 valence electrons. The van der Waals surface area contributed by atoms with Gasteiger partial charge < -0.3 is 37.2 Å². The maximum absolute atomic E-state index is 10.2. The van der Waals surface area contributed by atoms with Crippen molar-refractivity contribution in [3.63, 3.8) is 0 Å². The van der Waals surface area contributed by atoms with E-state index in [-0.39, 0.29) is 0 Å². The number of hydrogen-bond donors (Lipinski definition) is 7. The third-order valence-corrected chi connectivity index (χ3v) is 1.96. The minimum absolute atomic E-state index is 0.329. The largest absolute Gasteiger partial charge is 0.481 e. The molecule has 0 aromatic rings. The SMILES string of the molecule is NC(=O)NCCC[C@H](N)C(=O)O.O=C(O)C[C@H](O)C(=O)O. The van der Waals surface area contributed by atoms with Crippen LogP contribution in [0.3, 0.4) is 0 Å². The third-order valence-electron chi connectivity index (χ3n) is 1.96. The average molecular weight is 309 g/mol. The maximum Gasteiger partial charge on any atom is 0.333 e. The third kappa shape index (κ3) is 15.5. The van der Waals surface area contributed by atoms with Crippen molar-refractivity contribution < 1.29 is 39.6 Å². The summed E-state index contributed by atoms with van der Waals surface area (Å²) in [5, 5.41) is 34.8. The highest BCUT2D eigenvalue weighted by Gasteiger charge is 2.16. The molecule has 2 atom stereocenters. The van der Waals surface area contributed by atoms with Gasteiger partial charge in [0.25, 0.3) is 0 Å². The van der Waals surface area contributed by atoms with Crippen LogP contribution in [0.4, 0.5) is 4.79 Å². The highest BCUT2D eigenvalue weighted by atomic mass is 16.4. The zero-order valence-corrected chi connectivity index (χ0v) is 11.1. The first-order chi connectivity index (χ1) is 9.57. The van der Waals surface area contributed by atoms with Crippen LogP contribution >= 0.6 is 0 Å². The van der Waals surface area contributed by atoms with Crippen molar-refractivity contribution in [1.29, 1.82) is 0 Å². The molecule has 0 aliphatic carbocycles. The average Bonchev–Trinajstić information content (AvgIpc) is 2.33. The Morgan fingerprint density at radius 2 is 1.57 bits per heavy atom. The Morgan fingerprint density at radius 1 is 1.05 bits per heavy atom. The van der Waals surface area contributed by atoms with Gasteiger partial charge in [0.15, 0.2) is 6.10 Å². The van der Waals surface area contributed by atoms with E-state index in [1.54, 1.807) is 0 Å². The number of carbonyl (C=O) groups excluding carboxylic acids is 1. The molecule has 11 heteroatoms. The minimum atomic E-state index is -1.79. The van der Waals surface area contributed by atoms with Gasteiger partial charge in [-0.15, -0.1) is 0 Å². The van der Waals surface area contributed by atoms with Crippen molar-refractivity contribution >= 4 is 23.9 Å². The number of nitrogens with two attached hydrogens (primary N) is 2. The van der Waals surface area contributed by atoms with Crippen LogP contribution in [0.2, 0.25) is 0 Å². The number of aliphatic hydroxyl groups excluding tert-OH is 1. The lowest BCUT2D eigenvalue weighted by atomic mass is 10.2. The predicted octanol–water partition coefficient (Wildman–Crippen LogP) is -2.25. The second-order valence-corrected chi connectivity index (χ2v) is 3.83. The highest BCUT2D eigenvalue weighted by molar-refractivity contribution is 5.79. The second kappa shape index (κ2) is 11.4. The van der Waals surface area contributed by atoms with Crippen molar-refractivity contribution in [3.8, 4) is 0 Å². The fourth-order valence-electron chi connectivity index (χ4n) is 0.910. The summed E-state index contributed by atoms with van der Waals surface area (Å²) in [6.07, 6.45) is -1.70. The van der Waals surface area contributed by atoms with Crippen LogP contribution in [0.15, 0.2) is 0 Å². The first-order valence-corrected chi connectivity index (χ1v) is 5.72. The van der Waals surface area contributed by atoms with Crippen LogP contribution in [0, 0.1) is 0 Å². The molecule has 0 unspecified atom stereocenters. The smallest absolute Gasteiger partial charge is 0.333 e.